The van der Waals surface area contributed by atoms with Crippen LogP contribution in [0, 0.1) is 11.6 Å². The first-order chi connectivity index (χ1) is 17.1. The summed E-state index contributed by atoms with van der Waals surface area (Å²) in [7, 11) is -3.86. The normalized spacial score (nSPS) is 21.6. The van der Waals surface area contributed by atoms with Crippen LogP contribution in [-0.4, -0.2) is 67.7 Å². The average Bonchev–Trinajstić information content (AvgIpc) is 3.62. The number of rotatable bonds is 9. The number of benzene rings is 2. The summed E-state index contributed by atoms with van der Waals surface area (Å²) in [6.45, 7) is -0.120. The van der Waals surface area contributed by atoms with E-state index in [1.807, 2.05) is 0 Å². The van der Waals surface area contributed by atoms with Crippen molar-refractivity contribution in [1.82, 2.24) is 15.5 Å². The van der Waals surface area contributed by atoms with Gasteiger partial charge in [0.15, 0.2) is 0 Å². The highest BCUT2D eigenvalue weighted by atomic mass is 32.2. The number of nitrogens with one attached hydrogen (secondary N) is 2. The summed E-state index contributed by atoms with van der Waals surface area (Å²) in [6.07, 6.45) is 1.69. The van der Waals surface area contributed by atoms with Gasteiger partial charge in [-0.3, -0.25) is 14.4 Å². The maximum absolute atomic E-state index is 13.2. The molecule has 192 valence electrons. The van der Waals surface area contributed by atoms with E-state index >= 15 is 0 Å². The molecule has 0 aromatic heterocycles. The number of nitrogens with zero attached hydrogens (tertiary/aromatic N) is 1. The van der Waals surface area contributed by atoms with Crippen LogP contribution in [0.3, 0.4) is 0 Å². The average molecular weight is 520 g/mol. The molecule has 1 aliphatic heterocycles. The molecule has 1 heterocycles. The molecule has 2 amide bonds. The minimum Gasteiger partial charge on any atom is -0.340 e. The molecule has 0 spiro atoms. The first kappa shape index (κ1) is 25.9. The van der Waals surface area contributed by atoms with Crippen molar-refractivity contribution in [2.45, 2.75) is 37.3 Å². The highest BCUT2D eigenvalue weighted by Gasteiger charge is 2.38. The van der Waals surface area contributed by atoms with Gasteiger partial charge in [0, 0.05) is 24.1 Å². The van der Waals surface area contributed by atoms with E-state index in [2.05, 4.69) is 10.6 Å². The van der Waals surface area contributed by atoms with E-state index in [0.29, 0.717) is 18.9 Å². The van der Waals surface area contributed by atoms with Crippen molar-refractivity contribution in [2.24, 2.45) is 0 Å². The fraction of sp³-hybridized carbons (Fsp3) is 0.400. The third kappa shape index (κ3) is 6.33. The Morgan fingerprint density at radius 1 is 1.03 bits per heavy atom. The van der Waals surface area contributed by atoms with Crippen molar-refractivity contribution in [3.8, 4) is 0 Å². The van der Waals surface area contributed by atoms with Crippen LogP contribution in [0.5, 0.6) is 0 Å². The van der Waals surface area contributed by atoms with Crippen molar-refractivity contribution < 1.29 is 31.6 Å². The summed E-state index contributed by atoms with van der Waals surface area (Å²) in [4.78, 5) is 38.9. The van der Waals surface area contributed by atoms with Gasteiger partial charge >= 0.3 is 0 Å². The van der Waals surface area contributed by atoms with Crippen molar-refractivity contribution >= 4 is 26.8 Å². The molecule has 2 N–H and O–H groups in total. The summed E-state index contributed by atoms with van der Waals surface area (Å²) in [5, 5.41) is 5.03. The zero-order valence-electron chi connectivity index (χ0n) is 19.5. The Kier molecular flexibility index (Phi) is 7.79. The van der Waals surface area contributed by atoms with Crippen LogP contribution in [0.1, 0.15) is 41.1 Å². The number of hydrogen-bond acceptors (Lipinski definition) is 6. The first-order valence-electron chi connectivity index (χ1n) is 11.7. The fourth-order valence-corrected chi connectivity index (χ4v) is 5.32. The van der Waals surface area contributed by atoms with E-state index in [1.165, 1.54) is 24.3 Å². The predicted octanol–water partition coefficient (Wildman–Crippen LogP) is 1.77. The molecule has 0 radical (unpaired) electrons. The van der Waals surface area contributed by atoms with Crippen LogP contribution < -0.4 is 10.6 Å². The first-order valence-corrected chi connectivity index (χ1v) is 13.4. The van der Waals surface area contributed by atoms with E-state index < -0.39 is 50.9 Å². The lowest BCUT2D eigenvalue weighted by Gasteiger charge is -2.30. The molecule has 36 heavy (non-hydrogen) atoms. The van der Waals surface area contributed by atoms with Gasteiger partial charge in [-0.05, 0) is 67.8 Å². The van der Waals surface area contributed by atoms with Gasteiger partial charge < -0.3 is 15.5 Å². The molecule has 0 unspecified atom stereocenters. The molecule has 3 atom stereocenters. The third-order valence-electron chi connectivity index (χ3n) is 6.48. The van der Waals surface area contributed by atoms with E-state index in [9.17, 15) is 31.6 Å². The van der Waals surface area contributed by atoms with E-state index in [-0.39, 0.29) is 30.4 Å². The molecule has 4 rings (SSSR count). The number of sulfone groups is 1. The minimum absolute atomic E-state index is 0.129. The molecule has 0 bridgehead atoms. The molecular weight excluding hydrogens is 492 g/mol. The molecule has 2 aromatic carbocycles. The predicted molar refractivity (Wildman–Crippen MR) is 128 cm³/mol. The lowest BCUT2D eigenvalue weighted by Crippen LogP contribution is -2.54. The van der Waals surface area contributed by atoms with Crippen molar-refractivity contribution in [3.63, 3.8) is 0 Å². The van der Waals surface area contributed by atoms with Gasteiger partial charge in [-0.1, -0.05) is 12.1 Å². The van der Waals surface area contributed by atoms with Crippen LogP contribution in [0.4, 0.5) is 8.78 Å². The van der Waals surface area contributed by atoms with E-state index in [4.69, 9.17) is 0 Å². The lowest BCUT2D eigenvalue weighted by atomic mass is 10.1. The van der Waals surface area contributed by atoms with Gasteiger partial charge in [0.25, 0.3) is 11.0 Å². The van der Waals surface area contributed by atoms with Gasteiger partial charge in [-0.25, -0.2) is 17.2 Å². The van der Waals surface area contributed by atoms with Crippen molar-refractivity contribution in [3.05, 3.63) is 71.3 Å². The zero-order chi connectivity index (χ0) is 25.9. The van der Waals surface area contributed by atoms with Gasteiger partial charge in [0.05, 0.1) is 12.3 Å². The van der Waals surface area contributed by atoms with Gasteiger partial charge in [0.1, 0.15) is 17.7 Å². The Balaban J connectivity index is 1.34. The number of halogens is 2. The molecule has 1 saturated carbocycles. The number of amides is 2. The highest BCUT2D eigenvalue weighted by Crippen LogP contribution is 2.40. The Morgan fingerprint density at radius 2 is 1.67 bits per heavy atom. The second-order valence-electron chi connectivity index (χ2n) is 9.08. The van der Waals surface area contributed by atoms with Crippen LogP contribution >= 0.6 is 0 Å². The Bertz CT molecular complexity index is 1240. The summed E-state index contributed by atoms with van der Waals surface area (Å²) < 4.78 is 49.8. The van der Waals surface area contributed by atoms with Gasteiger partial charge in [-0.2, -0.15) is 0 Å². The molecule has 1 saturated heterocycles. The number of carbonyl (C=O) groups excluding carboxylic acids is 3. The van der Waals surface area contributed by atoms with Crippen molar-refractivity contribution in [1.29, 1.82) is 0 Å². The monoisotopic (exact) mass is 519 g/mol. The van der Waals surface area contributed by atoms with Crippen molar-refractivity contribution in [2.75, 3.05) is 25.4 Å². The van der Waals surface area contributed by atoms with E-state index in [1.54, 1.807) is 12.1 Å². The largest absolute Gasteiger partial charge is 0.340 e. The Morgan fingerprint density at radius 3 is 2.31 bits per heavy atom. The van der Waals surface area contributed by atoms with Gasteiger partial charge in [0.2, 0.25) is 15.7 Å². The molecule has 2 aromatic rings. The van der Waals surface area contributed by atoms with Crippen LogP contribution in [-0.2, 0) is 19.4 Å². The van der Waals surface area contributed by atoms with Gasteiger partial charge in [-0.15, -0.1) is 0 Å². The Hall–Kier alpha value is -3.18. The Labute approximate surface area is 208 Å². The molecule has 1 aliphatic carbocycles. The second kappa shape index (κ2) is 10.8. The number of hydrogen-bond donors (Lipinski definition) is 2. The lowest BCUT2D eigenvalue weighted by molar-refractivity contribution is -0.135. The maximum Gasteiger partial charge on any atom is 0.265 e. The van der Waals surface area contributed by atoms with Crippen LogP contribution in [0.25, 0.3) is 0 Å². The summed E-state index contributed by atoms with van der Waals surface area (Å²) in [5.74, 6) is -2.06. The van der Waals surface area contributed by atoms with E-state index in [0.717, 1.165) is 29.0 Å². The quantitative estimate of drug-likeness (QED) is 0.489. The standard InChI is InChI=1S/C25H27F2N3O5S/c26-18-7-3-16(4-8-18)20-14-22(20)28-11-1-2-21(29-24(32)17-5-9-19(27)10-6-17)25(33)30-12-13-36(34,35)23(31)15-30/h3-10,20-22,28H,1-2,11-15H2,(H,29,32)/t20-,21-,22+/m0/s1. The molecule has 2 aliphatic rings. The zero-order valence-corrected chi connectivity index (χ0v) is 20.3. The van der Waals surface area contributed by atoms with Crippen LogP contribution in [0.2, 0.25) is 0 Å². The second-order valence-corrected chi connectivity index (χ2v) is 11.2. The number of carbonyl (C=O) groups is 3. The smallest absolute Gasteiger partial charge is 0.265 e. The molecule has 2 fully saturated rings. The summed E-state index contributed by atoms with van der Waals surface area (Å²) in [5.41, 5.74) is 1.22. The summed E-state index contributed by atoms with van der Waals surface area (Å²) in [6, 6.07) is 10.5. The SMILES string of the molecule is O=C(N[C@@H](CCCN[C@@H]1C[C@H]1c1ccc(F)cc1)C(=O)N1CCS(=O)(=O)C(=O)C1)c1ccc(F)cc1. The fourth-order valence-electron chi connectivity index (χ4n) is 4.28. The van der Waals surface area contributed by atoms with Crippen LogP contribution in [0.15, 0.2) is 48.5 Å². The molecular formula is C25H27F2N3O5S. The third-order valence-corrected chi connectivity index (χ3v) is 8.03. The molecule has 8 nitrogen and oxygen atoms in total. The molecule has 11 heteroatoms. The highest BCUT2D eigenvalue weighted by molar-refractivity contribution is 8.06. The minimum atomic E-state index is -3.86. The maximum atomic E-state index is 13.2. The summed E-state index contributed by atoms with van der Waals surface area (Å²) >= 11 is 0. The topological polar surface area (TPSA) is 113 Å².